The molecule has 2 aromatic carbocycles. The molecule has 0 fully saturated rings. The molecule has 6 heteroatoms. The van der Waals surface area contributed by atoms with Crippen molar-refractivity contribution in [3.8, 4) is 0 Å². The van der Waals surface area contributed by atoms with Crippen LogP contribution in [0.15, 0.2) is 57.5 Å². The highest BCUT2D eigenvalue weighted by atomic mass is 79.9. The Morgan fingerprint density at radius 3 is 1.83 bits per heavy atom. The van der Waals surface area contributed by atoms with Gasteiger partial charge in [0.1, 0.15) is 6.61 Å². The SMILES string of the molecule is O=[P+](O)OCCCCCC(c1ccc(Br)cc1)c1ccc(Br)cc1. The van der Waals surface area contributed by atoms with Crippen molar-refractivity contribution in [3.63, 3.8) is 0 Å². The van der Waals surface area contributed by atoms with E-state index in [2.05, 4.69) is 80.4 Å². The second-order valence-corrected chi connectivity index (χ2v) is 8.14. The summed E-state index contributed by atoms with van der Waals surface area (Å²) in [4.78, 5) is 8.62. The Morgan fingerprint density at radius 2 is 1.38 bits per heavy atom. The molecule has 0 bridgehead atoms. The van der Waals surface area contributed by atoms with Crippen molar-refractivity contribution in [1.29, 1.82) is 0 Å². The molecule has 0 spiro atoms. The molecule has 1 N–H and O–H groups in total. The predicted octanol–water partition coefficient (Wildman–Crippen LogP) is 6.57. The van der Waals surface area contributed by atoms with Gasteiger partial charge in [0.25, 0.3) is 0 Å². The highest BCUT2D eigenvalue weighted by Crippen LogP contribution is 2.31. The molecule has 0 aliphatic carbocycles. The molecule has 0 amide bonds. The largest absolute Gasteiger partial charge is 0.694 e. The van der Waals surface area contributed by atoms with Crippen molar-refractivity contribution in [1.82, 2.24) is 0 Å². The van der Waals surface area contributed by atoms with Crippen molar-refractivity contribution < 1.29 is 14.0 Å². The molecule has 128 valence electrons. The van der Waals surface area contributed by atoms with Crippen LogP contribution >= 0.6 is 40.1 Å². The Balaban J connectivity index is 1.99. The van der Waals surface area contributed by atoms with Gasteiger partial charge in [0.05, 0.1) is 0 Å². The molecule has 0 saturated carbocycles. The first kappa shape index (κ1) is 19.7. The van der Waals surface area contributed by atoms with Crippen LogP contribution in [0.2, 0.25) is 0 Å². The Kier molecular flexibility index (Phi) is 8.57. The fraction of sp³-hybridized carbons (Fsp3) is 0.333. The van der Waals surface area contributed by atoms with Crippen LogP contribution in [0.5, 0.6) is 0 Å². The van der Waals surface area contributed by atoms with Gasteiger partial charge in [-0.2, -0.15) is 0 Å². The van der Waals surface area contributed by atoms with Crippen LogP contribution in [0.3, 0.4) is 0 Å². The van der Waals surface area contributed by atoms with E-state index in [4.69, 9.17) is 9.42 Å². The molecule has 0 radical (unpaired) electrons. The minimum atomic E-state index is -2.47. The van der Waals surface area contributed by atoms with Gasteiger partial charge in [0.15, 0.2) is 0 Å². The van der Waals surface area contributed by atoms with E-state index < -0.39 is 8.25 Å². The molecule has 1 unspecified atom stereocenters. The van der Waals surface area contributed by atoms with Gasteiger partial charge in [0, 0.05) is 19.4 Å². The third-order valence-corrected chi connectivity index (χ3v) is 5.34. The number of unbranched alkanes of at least 4 members (excludes halogenated alkanes) is 2. The number of hydrogen-bond donors (Lipinski definition) is 1. The van der Waals surface area contributed by atoms with E-state index in [1.165, 1.54) is 11.1 Å². The summed E-state index contributed by atoms with van der Waals surface area (Å²) < 4.78 is 17.3. The zero-order valence-corrected chi connectivity index (χ0v) is 17.3. The molecular formula is C18H20Br2O3P+. The summed E-state index contributed by atoms with van der Waals surface area (Å²) in [5, 5.41) is 0. The molecular weight excluding hydrogens is 455 g/mol. The van der Waals surface area contributed by atoms with E-state index in [-0.39, 0.29) is 0 Å². The minimum absolute atomic E-state index is 0.340. The quantitative estimate of drug-likeness (QED) is 0.330. The van der Waals surface area contributed by atoms with Crippen LogP contribution in [0.1, 0.15) is 42.7 Å². The predicted molar refractivity (Wildman–Crippen MR) is 104 cm³/mol. The number of rotatable bonds is 9. The smallest absolute Gasteiger partial charge is 0.133 e. The summed E-state index contributed by atoms with van der Waals surface area (Å²) in [6, 6.07) is 17.0. The summed E-state index contributed by atoms with van der Waals surface area (Å²) >= 11 is 6.98. The third kappa shape index (κ3) is 6.73. The summed E-state index contributed by atoms with van der Waals surface area (Å²) in [5.74, 6) is 0.349. The maximum atomic E-state index is 10.5. The van der Waals surface area contributed by atoms with Gasteiger partial charge in [-0.15, -0.1) is 9.42 Å². The average Bonchev–Trinajstić information content (AvgIpc) is 2.56. The number of halogens is 2. The second-order valence-electron chi connectivity index (χ2n) is 5.58. The Hall–Kier alpha value is -0.580. The maximum Gasteiger partial charge on any atom is 0.694 e. The molecule has 0 heterocycles. The lowest BCUT2D eigenvalue weighted by Gasteiger charge is -2.18. The second kappa shape index (κ2) is 10.4. The molecule has 0 aromatic heterocycles. The first-order valence-electron chi connectivity index (χ1n) is 7.86. The van der Waals surface area contributed by atoms with Gasteiger partial charge in [0.2, 0.25) is 0 Å². The molecule has 24 heavy (non-hydrogen) atoms. The van der Waals surface area contributed by atoms with E-state index in [1.54, 1.807) is 0 Å². The zero-order chi connectivity index (χ0) is 17.4. The number of hydrogen-bond acceptors (Lipinski definition) is 2. The number of benzene rings is 2. The van der Waals surface area contributed by atoms with E-state index in [9.17, 15) is 4.57 Å². The van der Waals surface area contributed by atoms with Crippen molar-refractivity contribution in [2.45, 2.75) is 31.6 Å². The van der Waals surface area contributed by atoms with Crippen LogP contribution in [0.25, 0.3) is 0 Å². The van der Waals surface area contributed by atoms with Crippen molar-refractivity contribution in [3.05, 3.63) is 68.6 Å². The lowest BCUT2D eigenvalue weighted by Crippen LogP contribution is -2.02. The van der Waals surface area contributed by atoms with Gasteiger partial charge >= 0.3 is 8.25 Å². The van der Waals surface area contributed by atoms with Crippen LogP contribution in [-0.4, -0.2) is 11.5 Å². The van der Waals surface area contributed by atoms with Crippen molar-refractivity contribution in [2.24, 2.45) is 0 Å². The van der Waals surface area contributed by atoms with Crippen LogP contribution in [0.4, 0.5) is 0 Å². The Labute approximate surface area is 160 Å². The molecule has 0 saturated heterocycles. The Bertz CT molecular complexity index is 599. The highest BCUT2D eigenvalue weighted by Gasteiger charge is 2.15. The van der Waals surface area contributed by atoms with Crippen LogP contribution in [0, 0.1) is 0 Å². The fourth-order valence-electron chi connectivity index (χ4n) is 2.69. The topological polar surface area (TPSA) is 46.5 Å². The average molecular weight is 475 g/mol. The van der Waals surface area contributed by atoms with Crippen LogP contribution < -0.4 is 0 Å². The van der Waals surface area contributed by atoms with E-state index in [0.29, 0.717) is 12.5 Å². The Morgan fingerprint density at radius 1 is 0.875 bits per heavy atom. The molecule has 1 atom stereocenters. The van der Waals surface area contributed by atoms with Gasteiger partial charge in [-0.1, -0.05) is 69.0 Å². The van der Waals surface area contributed by atoms with Gasteiger partial charge in [-0.3, -0.25) is 0 Å². The summed E-state index contributed by atoms with van der Waals surface area (Å²) in [6.07, 6.45) is 3.86. The summed E-state index contributed by atoms with van der Waals surface area (Å²) in [7, 11) is -2.47. The van der Waals surface area contributed by atoms with Crippen molar-refractivity contribution >= 4 is 40.1 Å². The summed E-state index contributed by atoms with van der Waals surface area (Å²) in [5.41, 5.74) is 2.60. The van der Waals surface area contributed by atoms with Gasteiger partial charge in [-0.05, 0) is 48.2 Å². The molecule has 0 aliphatic rings. The first-order chi connectivity index (χ1) is 11.6. The van der Waals surface area contributed by atoms with Crippen LogP contribution in [-0.2, 0) is 9.09 Å². The summed E-state index contributed by atoms with van der Waals surface area (Å²) in [6.45, 7) is 0.340. The minimum Gasteiger partial charge on any atom is -0.133 e. The fourth-order valence-corrected chi connectivity index (χ4v) is 3.50. The van der Waals surface area contributed by atoms with E-state index in [1.807, 2.05) is 0 Å². The third-order valence-electron chi connectivity index (χ3n) is 3.88. The zero-order valence-electron chi connectivity index (χ0n) is 13.2. The first-order valence-corrected chi connectivity index (χ1v) is 10.6. The standard InChI is InChI=1S/C18H19Br2O3P/c19-16-9-5-14(6-10-16)18(15-7-11-17(20)12-8-15)4-2-1-3-13-23-24(21)22/h5-12,18H,1-4,13H2/p+1. The molecule has 2 aromatic rings. The highest BCUT2D eigenvalue weighted by molar-refractivity contribution is 9.10. The van der Waals surface area contributed by atoms with E-state index >= 15 is 0 Å². The molecule has 0 aliphatic heterocycles. The lowest BCUT2D eigenvalue weighted by molar-refractivity contribution is 0.273. The molecule has 3 nitrogen and oxygen atoms in total. The van der Waals surface area contributed by atoms with Crippen molar-refractivity contribution in [2.75, 3.05) is 6.61 Å². The monoisotopic (exact) mass is 473 g/mol. The normalized spacial score (nSPS) is 11.8. The lowest BCUT2D eigenvalue weighted by atomic mass is 9.87. The van der Waals surface area contributed by atoms with Gasteiger partial charge in [-0.25, -0.2) is 0 Å². The van der Waals surface area contributed by atoms with E-state index in [0.717, 1.165) is 34.6 Å². The maximum absolute atomic E-state index is 10.5. The molecule has 2 rings (SSSR count). The van der Waals surface area contributed by atoms with Gasteiger partial charge < -0.3 is 0 Å².